The molecule has 2 aromatic heterocycles. The number of halogens is 1. The molecule has 0 aromatic carbocycles. The van der Waals surface area contributed by atoms with Crippen molar-refractivity contribution in [3.05, 3.63) is 45.7 Å². The zero-order chi connectivity index (χ0) is 12.4. The van der Waals surface area contributed by atoms with E-state index in [1.807, 2.05) is 13.1 Å². The molecule has 0 atom stereocenters. The molecule has 2 aromatic rings. The molecule has 88 valence electrons. The first-order valence-electron chi connectivity index (χ1n) is 5.30. The molecule has 0 N–H and O–H groups in total. The summed E-state index contributed by atoms with van der Waals surface area (Å²) in [7, 11) is 0. The Morgan fingerprint density at radius 1 is 1.12 bits per heavy atom. The first-order chi connectivity index (χ1) is 8.04. The highest BCUT2D eigenvalue weighted by molar-refractivity contribution is 9.10. The van der Waals surface area contributed by atoms with Gasteiger partial charge in [0.15, 0.2) is 0 Å². The molecule has 0 spiro atoms. The minimum absolute atomic E-state index is 1.00. The lowest BCUT2D eigenvalue weighted by Crippen LogP contribution is -1.90. The van der Waals surface area contributed by atoms with Crippen molar-refractivity contribution < 1.29 is 0 Å². The fourth-order valence-corrected chi connectivity index (χ4v) is 2.99. The van der Waals surface area contributed by atoms with E-state index < -0.39 is 0 Å². The lowest BCUT2D eigenvalue weighted by atomic mass is 10.3. The van der Waals surface area contributed by atoms with Gasteiger partial charge in [-0.05, 0) is 77.8 Å². The van der Waals surface area contributed by atoms with Gasteiger partial charge in [0, 0.05) is 16.4 Å². The minimum atomic E-state index is 1.00. The fraction of sp³-hybridized carbons (Fsp3) is 0.231. The molecule has 0 radical (unpaired) electrons. The van der Waals surface area contributed by atoms with Crippen LogP contribution in [0.3, 0.4) is 0 Å². The zero-order valence-corrected chi connectivity index (χ0v) is 12.4. The molecule has 0 bridgehead atoms. The molecule has 0 aliphatic carbocycles. The zero-order valence-electron chi connectivity index (χ0n) is 9.99. The normalized spacial score (nSPS) is 10.6. The van der Waals surface area contributed by atoms with E-state index in [4.69, 9.17) is 0 Å². The van der Waals surface area contributed by atoms with Crippen LogP contribution in [0.1, 0.15) is 16.8 Å². The summed E-state index contributed by atoms with van der Waals surface area (Å²) in [5.74, 6) is 0. The van der Waals surface area contributed by atoms with E-state index in [1.165, 1.54) is 5.56 Å². The van der Waals surface area contributed by atoms with Crippen LogP contribution >= 0.6 is 27.7 Å². The quantitative estimate of drug-likeness (QED) is 0.826. The lowest BCUT2D eigenvalue weighted by Gasteiger charge is -2.06. The predicted molar refractivity (Wildman–Crippen MR) is 74.5 cm³/mol. The van der Waals surface area contributed by atoms with E-state index in [0.29, 0.717) is 0 Å². The highest BCUT2D eigenvalue weighted by Gasteiger charge is 2.05. The topological polar surface area (TPSA) is 25.8 Å². The summed E-state index contributed by atoms with van der Waals surface area (Å²) >= 11 is 5.03. The Bertz CT molecular complexity index is 535. The number of pyridine rings is 2. The first-order valence-corrected chi connectivity index (χ1v) is 6.91. The maximum absolute atomic E-state index is 4.50. The van der Waals surface area contributed by atoms with Crippen LogP contribution in [0.15, 0.2) is 38.9 Å². The van der Waals surface area contributed by atoms with Crippen LogP contribution in [0.2, 0.25) is 0 Å². The van der Waals surface area contributed by atoms with Gasteiger partial charge in [0.2, 0.25) is 0 Å². The van der Waals surface area contributed by atoms with Crippen molar-refractivity contribution in [1.29, 1.82) is 0 Å². The highest BCUT2D eigenvalue weighted by Crippen LogP contribution is 2.29. The molecule has 0 unspecified atom stereocenters. The van der Waals surface area contributed by atoms with E-state index in [1.54, 1.807) is 11.8 Å². The Labute approximate surface area is 114 Å². The fourth-order valence-electron chi connectivity index (χ4n) is 1.59. The van der Waals surface area contributed by atoms with Crippen molar-refractivity contribution in [3.63, 3.8) is 0 Å². The average Bonchev–Trinajstić information content (AvgIpc) is 2.21. The highest BCUT2D eigenvalue weighted by atomic mass is 79.9. The molecule has 2 nitrogen and oxygen atoms in total. The summed E-state index contributed by atoms with van der Waals surface area (Å²) in [5, 5.41) is 2.01. The molecule has 0 saturated carbocycles. The Hall–Kier alpha value is -0.870. The van der Waals surface area contributed by atoms with Gasteiger partial charge in [-0.25, -0.2) is 9.97 Å². The molecule has 2 heterocycles. The molecule has 0 amide bonds. The van der Waals surface area contributed by atoms with Gasteiger partial charge in [0.25, 0.3) is 0 Å². The molecule has 0 aliphatic rings. The third-order valence-corrected chi connectivity index (χ3v) is 3.75. The average molecular weight is 309 g/mol. The Kier molecular flexibility index (Phi) is 3.84. The van der Waals surface area contributed by atoms with E-state index >= 15 is 0 Å². The number of hydrogen-bond acceptors (Lipinski definition) is 3. The molecular weight excluding hydrogens is 296 g/mol. The predicted octanol–water partition coefficient (Wildman–Crippen LogP) is 4.32. The minimum Gasteiger partial charge on any atom is -0.248 e. The Morgan fingerprint density at radius 2 is 1.88 bits per heavy atom. The van der Waals surface area contributed by atoms with Gasteiger partial charge < -0.3 is 0 Å². The monoisotopic (exact) mass is 308 g/mol. The van der Waals surface area contributed by atoms with Gasteiger partial charge in [-0.2, -0.15) is 0 Å². The van der Waals surface area contributed by atoms with Crippen molar-refractivity contribution in [3.8, 4) is 0 Å². The van der Waals surface area contributed by atoms with Crippen LogP contribution in [0.5, 0.6) is 0 Å². The number of nitrogens with zero attached hydrogens (tertiary/aromatic N) is 2. The summed E-state index contributed by atoms with van der Waals surface area (Å²) in [4.78, 5) is 8.91. The third kappa shape index (κ3) is 3.30. The molecule has 0 saturated heterocycles. The van der Waals surface area contributed by atoms with E-state index in [-0.39, 0.29) is 0 Å². The molecule has 2 rings (SSSR count). The van der Waals surface area contributed by atoms with Crippen LogP contribution in [-0.2, 0) is 0 Å². The summed E-state index contributed by atoms with van der Waals surface area (Å²) in [6.45, 7) is 6.16. The smallest absolute Gasteiger partial charge is 0.105 e. The van der Waals surface area contributed by atoms with Crippen LogP contribution in [0.4, 0.5) is 0 Å². The second kappa shape index (κ2) is 5.19. The number of hydrogen-bond donors (Lipinski definition) is 0. The van der Waals surface area contributed by atoms with Crippen molar-refractivity contribution in [1.82, 2.24) is 9.97 Å². The number of aromatic nitrogens is 2. The van der Waals surface area contributed by atoms with Crippen molar-refractivity contribution in [2.75, 3.05) is 0 Å². The van der Waals surface area contributed by atoms with Gasteiger partial charge in [0.05, 0.1) is 0 Å². The van der Waals surface area contributed by atoms with Gasteiger partial charge in [-0.15, -0.1) is 0 Å². The van der Waals surface area contributed by atoms with Crippen LogP contribution in [-0.4, -0.2) is 9.97 Å². The first kappa shape index (κ1) is 12.6. The second-order valence-corrected chi connectivity index (χ2v) is 5.93. The van der Waals surface area contributed by atoms with Gasteiger partial charge in [-0.3, -0.25) is 0 Å². The van der Waals surface area contributed by atoms with Crippen molar-refractivity contribution in [2.24, 2.45) is 0 Å². The summed E-state index contributed by atoms with van der Waals surface area (Å²) in [6.07, 6.45) is 1.82. The van der Waals surface area contributed by atoms with Crippen molar-refractivity contribution in [2.45, 2.75) is 30.8 Å². The van der Waals surface area contributed by atoms with E-state index in [2.05, 4.69) is 57.9 Å². The largest absolute Gasteiger partial charge is 0.248 e. The summed E-state index contributed by atoms with van der Waals surface area (Å²) in [5.41, 5.74) is 3.43. The summed E-state index contributed by atoms with van der Waals surface area (Å²) < 4.78 is 1.01. The van der Waals surface area contributed by atoms with Gasteiger partial charge in [0.1, 0.15) is 10.1 Å². The molecule has 0 fully saturated rings. The van der Waals surface area contributed by atoms with Crippen LogP contribution < -0.4 is 0 Å². The van der Waals surface area contributed by atoms with E-state index in [0.717, 1.165) is 25.8 Å². The molecule has 17 heavy (non-hydrogen) atoms. The maximum atomic E-state index is 4.50. The van der Waals surface area contributed by atoms with E-state index in [9.17, 15) is 0 Å². The molecule has 4 heteroatoms. The lowest BCUT2D eigenvalue weighted by molar-refractivity contribution is 1.02. The standard InChI is InChI=1S/C13H13BrN2S/c1-8-4-10(3)16-12(5-8)17-13-9(2)6-11(14)7-15-13/h4-7H,1-3H3. The van der Waals surface area contributed by atoms with Crippen LogP contribution in [0.25, 0.3) is 0 Å². The number of rotatable bonds is 2. The molecule has 0 aliphatic heterocycles. The van der Waals surface area contributed by atoms with Crippen molar-refractivity contribution >= 4 is 27.7 Å². The Morgan fingerprint density at radius 3 is 2.53 bits per heavy atom. The van der Waals surface area contributed by atoms with Gasteiger partial charge >= 0.3 is 0 Å². The SMILES string of the molecule is Cc1cc(C)nc(Sc2ncc(Br)cc2C)c1. The second-order valence-electron chi connectivity index (χ2n) is 4.00. The maximum Gasteiger partial charge on any atom is 0.105 e. The molecular formula is C13H13BrN2S. The number of aryl methyl sites for hydroxylation is 3. The van der Waals surface area contributed by atoms with Crippen LogP contribution in [0, 0.1) is 20.8 Å². The third-order valence-electron chi connectivity index (χ3n) is 2.27. The Balaban J connectivity index is 2.31. The van der Waals surface area contributed by atoms with Gasteiger partial charge in [-0.1, -0.05) is 0 Å². The summed E-state index contributed by atoms with van der Waals surface area (Å²) in [6, 6.07) is 6.23.